The van der Waals surface area contributed by atoms with Gasteiger partial charge in [-0.1, -0.05) is 42.5 Å². The molecule has 124 valence electrons. The van der Waals surface area contributed by atoms with Crippen molar-refractivity contribution in [3.05, 3.63) is 71.3 Å². The van der Waals surface area contributed by atoms with Crippen molar-refractivity contribution in [1.29, 1.82) is 0 Å². The van der Waals surface area contributed by atoms with Gasteiger partial charge in [0.05, 0.1) is 18.7 Å². The molecule has 0 aliphatic carbocycles. The molecule has 1 aliphatic rings. The van der Waals surface area contributed by atoms with E-state index in [-0.39, 0.29) is 30.5 Å². The second-order valence-corrected chi connectivity index (χ2v) is 5.93. The first-order valence-corrected chi connectivity index (χ1v) is 8.02. The molecule has 0 aromatic heterocycles. The first-order chi connectivity index (χ1) is 11.7. The zero-order valence-electron chi connectivity index (χ0n) is 13.2. The van der Waals surface area contributed by atoms with Crippen molar-refractivity contribution in [2.24, 2.45) is 0 Å². The summed E-state index contributed by atoms with van der Waals surface area (Å²) in [6, 6.07) is 16.1. The molecule has 0 unspecified atom stereocenters. The summed E-state index contributed by atoms with van der Waals surface area (Å²) in [5.41, 5.74) is 2.28. The lowest BCUT2D eigenvalue weighted by Gasteiger charge is -2.33. The Morgan fingerprint density at radius 2 is 1.83 bits per heavy atom. The predicted octanol–water partition coefficient (Wildman–Crippen LogP) is 1.93. The lowest BCUT2D eigenvalue weighted by atomic mass is 9.91. The molecule has 3 rings (SSSR count). The van der Waals surface area contributed by atoms with Gasteiger partial charge < -0.3 is 15.7 Å². The summed E-state index contributed by atoms with van der Waals surface area (Å²) in [5, 5.41) is 15.1. The van der Waals surface area contributed by atoms with Crippen LogP contribution in [0.2, 0.25) is 0 Å². The van der Waals surface area contributed by atoms with Gasteiger partial charge in [0.1, 0.15) is 0 Å². The average Bonchev–Trinajstić information content (AvgIpc) is 2.64. The molecular weight excluding hydrogens is 304 g/mol. The van der Waals surface area contributed by atoms with Crippen molar-refractivity contribution >= 4 is 11.8 Å². The quantitative estimate of drug-likeness (QED) is 0.804. The van der Waals surface area contributed by atoms with E-state index in [1.165, 1.54) is 0 Å². The SMILES string of the molecule is O=C1CC[C@@H](NC(=O)c2ccc(CO)cc2)[C@H](c2ccccc2)N1. The Kier molecular flexibility index (Phi) is 4.91. The first-order valence-electron chi connectivity index (χ1n) is 8.02. The number of amides is 2. The lowest BCUT2D eigenvalue weighted by molar-refractivity contribution is -0.123. The van der Waals surface area contributed by atoms with Crippen LogP contribution in [0.5, 0.6) is 0 Å². The normalized spacial score (nSPS) is 20.3. The van der Waals surface area contributed by atoms with Gasteiger partial charge in [0.25, 0.3) is 5.91 Å². The van der Waals surface area contributed by atoms with E-state index in [2.05, 4.69) is 10.6 Å². The maximum atomic E-state index is 12.5. The standard InChI is InChI=1S/C19H20N2O3/c22-12-13-6-8-15(9-7-13)19(24)20-16-10-11-17(23)21-18(16)14-4-2-1-3-5-14/h1-9,16,18,22H,10-12H2,(H,20,24)(H,21,23)/t16-,18+/m1/s1. The number of piperidine rings is 1. The lowest BCUT2D eigenvalue weighted by Crippen LogP contribution is -2.50. The monoisotopic (exact) mass is 324 g/mol. The molecule has 0 spiro atoms. The van der Waals surface area contributed by atoms with E-state index in [0.29, 0.717) is 18.4 Å². The smallest absolute Gasteiger partial charge is 0.251 e. The van der Waals surface area contributed by atoms with E-state index >= 15 is 0 Å². The van der Waals surface area contributed by atoms with Crippen LogP contribution in [0.4, 0.5) is 0 Å². The summed E-state index contributed by atoms with van der Waals surface area (Å²) in [6.07, 6.45) is 1.00. The molecule has 2 atom stereocenters. The maximum Gasteiger partial charge on any atom is 0.251 e. The molecular formula is C19H20N2O3. The van der Waals surface area contributed by atoms with Gasteiger partial charge in [-0.15, -0.1) is 0 Å². The number of aliphatic hydroxyl groups excluding tert-OH is 1. The van der Waals surface area contributed by atoms with Crippen LogP contribution in [0, 0.1) is 0 Å². The van der Waals surface area contributed by atoms with Crippen molar-refractivity contribution in [1.82, 2.24) is 10.6 Å². The second kappa shape index (κ2) is 7.27. The summed E-state index contributed by atoms with van der Waals surface area (Å²) in [4.78, 5) is 24.3. The molecule has 1 aliphatic heterocycles. The minimum absolute atomic E-state index is 0.00153. The molecule has 0 saturated carbocycles. The zero-order valence-corrected chi connectivity index (χ0v) is 13.2. The molecule has 1 heterocycles. The van der Waals surface area contributed by atoms with Crippen LogP contribution in [0.15, 0.2) is 54.6 Å². The highest BCUT2D eigenvalue weighted by Gasteiger charge is 2.31. The number of carbonyl (C=O) groups excluding carboxylic acids is 2. The Labute approximate surface area is 140 Å². The number of benzene rings is 2. The average molecular weight is 324 g/mol. The Morgan fingerprint density at radius 1 is 1.12 bits per heavy atom. The number of carbonyl (C=O) groups is 2. The van der Waals surface area contributed by atoms with Crippen LogP contribution in [-0.2, 0) is 11.4 Å². The summed E-state index contributed by atoms with van der Waals surface area (Å²) in [6.45, 7) is -0.0490. The third-order valence-electron chi connectivity index (χ3n) is 4.28. The van der Waals surface area contributed by atoms with Crippen molar-refractivity contribution in [3.8, 4) is 0 Å². The number of hydrogen-bond donors (Lipinski definition) is 3. The fourth-order valence-electron chi connectivity index (χ4n) is 2.94. The van der Waals surface area contributed by atoms with E-state index in [9.17, 15) is 9.59 Å². The summed E-state index contributed by atoms with van der Waals surface area (Å²) >= 11 is 0. The summed E-state index contributed by atoms with van der Waals surface area (Å²) in [5.74, 6) is -0.178. The highest BCUT2D eigenvalue weighted by Crippen LogP contribution is 2.24. The van der Waals surface area contributed by atoms with Crippen LogP contribution in [0.3, 0.4) is 0 Å². The molecule has 2 aromatic carbocycles. The number of nitrogens with one attached hydrogen (secondary N) is 2. The van der Waals surface area contributed by atoms with E-state index in [4.69, 9.17) is 5.11 Å². The van der Waals surface area contributed by atoms with E-state index in [0.717, 1.165) is 11.1 Å². The predicted molar refractivity (Wildman–Crippen MR) is 90.2 cm³/mol. The fourth-order valence-corrected chi connectivity index (χ4v) is 2.94. The van der Waals surface area contributed by atoms with Gasteiger partial charge >= 0.3 is 0 Å². The van der Waals surface area contributed by atoms with Crippen LogP contribution in [-0.4, -0.2) is 23.0 Å². The Balaban J connectivity index is 1.75. The highest BCUT2D eigenvalue weighted by atomic mass is 16.3. The molecule has 0 bridgehead atoms. The fraction of sp³-hybridized carbons (Fsp3) is 0.263. The van der Waals surface area contributed by atoms with E-state index in [1.807, 2.05) is 30.3 Å². The Morgan fingerprint density at radius 3 is 2.50 bits per heavy atom. The second-order valence-electron chi connectivity index (χ2n) is 5.93. The molecule has 3 N–H and O–H groups in total. The van der Waals surface area contributed by atoms with Crippen LogP contribution >= 0.6 is 0 Å². The number of hydrogen-bond acceptors (Lipinski definition) is 3. The van der Waals surface area contributed by atoms with Gasteiger partial charge in [0.2, 0.25) is 5.91 Å². The van der Waals surface area contributed by atoms with Gasteiger partial charge in [-0.3, -0.25) is 9.59 Å². The largest absolute Gasteiger partial charge is 0.392 e. The molecule has 24 heavy (non-hydrogen) atoms. The van der Waals surface area contributed by atoms with Crippen molar-refractivity contribution in [2.45, 2.75) is 31.5 Å². The molecule has 5 nitrogen and oxygen atoms in total. The van der Waals surface area contributed by atoms with Gasteiger partial charge in [-0.25, -0.2) is 0 Å². The van der Waals surface area contributed by atoms with Gasteiger partial charge in [0, 0.05) is 12.0 Å². The third kappa shape index (κ3) is 3.63. The highest BCUT2D eigenvalue weighted by molar-refractivity contribution is 5.94. The zero-order chi connectivity index (χ0) is 16.9. The first kappa shape index (κ1) is 16.2. The molecule has 2 aromatic rings. The maximum absolute atomic E-state index is 12.5. The van der Waals surface area contributed by atoms with Crippen LogP contribution < -0.4 is 10.6 Å². The minimum atomic E-state index is -0.229. The molecule has 1 saturated heterocycles. The summed E-state index contributed by atoms with van der Waals surface area (Å²) < 4.78 is 0. The molecule has 5 heteroatoms. The Hall–Kier alpha value is -2.66. The van der Waals surface area contributed by atoms with Crippen molar-refractivity contribution < 1.29 is 14.7 Å². The van der Waals surface area contributed by atoms with Crippen LogP contribution in [0.1, 0.15) is 40.4 Å². The van der Waals surface area contributed by atoms with Crippen molar-refractivity contribution in [3.63, 3.8) is 0 Å². The molecule has 2 amide bonds. The van der Waals surface area contributed by atoms with Crippen LogP contribution in [0.25, 0.3) is 0 Å². The number of rotatable bonds is 4. The van der Waals surface area contributed by atoms with E-state index in [1.54, 1.807) is 24.3 Å². The minimum Gasteiger partial charge on any atom is -0.392 e. The number of aliphatic hydroxyl groups is 1. The van der Waals surface area contributed by atoms with Gasteiger partial charge in [-0.05, 0) is 29.7 Å². The topological polar surface area (TPSA) is 78.4 Å². The molecule has 1 fully saturated rings. The third-order valence-corrected chi connectivity index (χ3v) is 4.28. The summed E-state index contributed by atoms with van der Waals surface area (Å²) in [7, 11) is 0. The van der Waals surface area contributed by atoms with E-state index < -0.39 is 0 Å². The van der Waals surface area contributed by atoms with Gasteiger partial charge in [0.15, 0.2) is 0 Å². The Bertz CT molecular complexity index is 713. The molecule has 0 radical (unpaired) electrons. The van der Waals surface area contributed by atoms with Gasteiger partial charge in [-0.2, -0.15) is 0 Å². The van der Waals surface area contributed by atoms with Crippen molar-refractivity contribution in [2.75, 3.05) is 0 Å².